The van der Waals surface area contributed by atoms with Crippen LogP contribution in [-0.2, 0) is 26.6 Å². The summed E-state index contributed by atoms with van der Waals surface area (Å²) >= 11 is 0. The molecule has 0 aliphatic heterocycles. The lowest BCUT2D eigenvalue weighted by Gasteiger charge is -2.31. The quantitative estimate of drug-likeness (QED) is 0.0491. The van der Waals surface area contributed by atoms with Crippen molar-refractivity contribution in [1.29, 1.82) is 10.8 Å². The molecule has 6 N–H and O–H groups in total. The van der Waals surface area contributed by atoms with E-state index in [1.165, 1.54) is 0 Å². The number of amidine groups is 2. The molecule has 0 saturated heterocycles. The summed E-state index contributed by atoms with van der Waals surface area (Å²) in [5.74, 6) is 0.0555. The lowest BCUT2D eigenvalue weighted by molar-refractivity contribution is 0.122. The average molecular weight is 565 g/mol. The molecule has 0 bridgehead atoms. The monoisotopic (exact) mass is 564 g/mol. The van der Waals surface area contributed by atoms with Crippen molar-refractivity contribution < 1.29 is 26.6 Å². The van der Waals surface area contributed by atoms with Gasteiger partial charge in [-0.15, -0.1) is 0 Å². The maximum Gasteiger partial charge on any atom is 0.500 e. The van der Waals surface area contributed by atoms with Crippen LogP contribution in [0.1, 0.15) is 89.9 Å². The standard InChI is InChI=1S/C25H56N4O6Si2/c1-30-36(31-2,32-3)21-17-13-9-7-11-15-19-25(23(26)27,24(28)29)20-16-12-8-10-14-18-22-37(33-4,34-5)35-6/h7-22H2,1-6H3,(H3,26,27)(H3,28,29). The van der Waals surface area contributed by atoms with Crippen LogP contribution in [0, 0.1) is 16.2 Å². The molecule has 0 saturated carbocycles. The van der Waals surface area contributed by atoms with Gasteiger partial charge in [-0.3, -0.25) is 10.8 Å². The van der Waals surface area contributed by atoms with E-state index in [2.05, 4.69) is 0 Å². The number of rotatable bonds is 26. The van der Waals surface area contributed by atoms with E-state index >= 15 is 0 Å². The minimum absolute atomic E-state index is 0.0278. The number of unbranched alkanes of at least 4 members (excludes halogenated alkanes) is 10. The molecule has 220 valence electrons. The van der Waals surface area contributed by atoms with Crippen LogP contribution in [0.4, 0.5) is 0 Å². The zero-order chi connectivity index (χ0) is 28.2. The number of nitrogens with two attached hydrogens (primary N) is 2. The van der Waals surface area contributed by atoms with Crippen molar-refractivity contribution in [2.24, 2.45) is 16.9 Å². The average Bonchev–Trinajstić information content (AvgIpc) is 2.90. The predicted molar refractivity (Wildman–Crippen MR) is 154 cm³/mol. The second-order valence-electron chi connectivity index (χ2n) is 9.74. The highest BCUT2D eigenvalue weighted by atomic mass is 28.4. The predicted octanol–water partition coefficient (Wildman–Crippen LogP) is 5.06. The van der Waals surface area contributed by atoms with Gasteiger partial charge in [0, 0.05) is 54.7 Å². The van der Waals surface area contributed by atoms with Crippen molar-refractivity contribution in [3.8, 4) is 0 Å². The molecule has 0 unspecified atom stereocenters. The highest BCUT2D eigenvalue weighted by Gasteiger charge is 2.38. The summed E-state index contributed by atoms with van der Waals surface area (Å²) < 4.78 is 32.8. The molecule has 0 aromatic heterocycles. The molecule has 0 rings (SSSR count). The van der Waals surface area contributed by atoms with E-state index in [1.807, 2.05) is 0 Å². The number of nitrogens with one attached hydrogen (secondary N) is 2. The molecule has 12 heteroatoms. The van der Waals surface area contributed by atoms with Crippen LogP contribution in [0.2, 0.25) is 12.1 Å². The molecule has 0 amide bonds. The van der Waals surface area contributed by atoms with E-state index in [9.17, 15) is 0 Å². The fourth-order valence-electron chi connectivity index (χ4n) is 4.87. The van der Waals surface area contributed by atoms with Gasteiger partial charge in [-0.1, -0.05) is 64.2 Å². The Morgan fingerprint density at radius 3 is 0.973 bits per heavy atom. The fraction of sp³-hybridized carbons (Fsp3) is 0.920. The van der Waals surface area contributed by atoms with E-state index in [0.29, 0.717) is 12.8 Å². The first-order valence-corrected chi connectivity index (χ1v) is 17.5. The largest absolute Gasteiger partial charge is 0.500 e. The molecule has 10 nitrogen and oxygen atoms in total. The van der Waals surface area contributed by atoms with E-state index in [4.69, 9.17) is 48.8 Å². The van der Waals surface area contributed by atoms with Gasteiger partial charge in [0.1, 0.15) is 11.7 Å². The molecule has 0 spiro atoms. The first-order chi connectivity index (χ1) is 17.7. The number of hydrogen-bond acceptors (Lipinski definition) is 8. The fourth-order valence-corrected chi connectivity index (χ4v) is 8.46. The Bertz CT molecular complexity index is 553. The summed E-state index contributed by atoms with van der Waals surface area (Å²) in [5, 5.41) is 16.4. The van der Waals surface area contributed by atoms with Gasteiger partial charge in [0.2, 0.25) is 0 Å². The van der Waals surface area contributed by atoms with Crippen LogP contribution in [0.25, 0.3) is 0 Å². The molecule has 37 heavy (non-hydrogen) atoms. The summed E-state index contributed by atoms with van der Waals surface area (Å²) in [5.41, 5.74) is 11.2. The van der Waals surface area contributed by atoms with Gasteiger partial charge in [0.15, 0.2) is 0 Å². The van der Waals surface area contributed by atoms with Crippen molar-refractivity contribution in [1.82, 2.24) is 0 Å². The van der Waals surface area contributed by atoms with Crippen LogP contribution in [0.5, 0.6) is 0 Å². The van der Waals surface area contributed by atoms with Crippen LogP contribution in [0.3, 0.4) is 0 Å². The van der Waals surface area contributed by atoms with Crippen LogP contribution in [-0.4, -0.2) is 71.9 Å². The molecule has 0 fully saturated rings. The minimum Gasteiger partial charge on any atom is -0.387 e. The van der Waals surface area contributed by atoms with Gasteiger partial charge < -0.3 is 38.0 Å². The van der Waals surface area contributed by atoms with Crippen LogP contribution in [0.15, 0.2) is 0 Å². The minimum atomic E-state index is -2.47. The topological polar surface area (TPSA) is 155 Å². The maximum absolute atomic E-state index is 8.19. The highest BCUT2D eigenvalue weighted by Crippen LogP contribution is 2.32. The Morgan fingerprint density at radius 1 is 0.486 bits per heavy atom. The molecular formula is C25H56N4O6Si2. The van der Waals surface area contributed by atoms with Crippen molar-refractivity contribution in [3.05, 3.63) is 0 Å². The molecule has 0 aliphatic rings. The Morgan fingerprint density at radius 2 is 0.730 bits per heavy atom. The molecule has 0 aromatic carbocycles. The molecule has 0 heterocycles. The molecule has 0 aromatic rings. The second kappa shape index (κ2) is 20.1. The summed E-state index contributed by atoms with van der Waals surface area (Å²) in [4.78, 5) is 0. The van der Waals surface area contributed by atoms with Gasteiger partial charge in [0.25, 0.3) is 0 Å². The van der Waals surface area contributed by atoms with Crippen molar-refractivity contribution in [3.63, 3.8) is 0 Å². The summed E-state index contributed by atoms with van der Waals surface area (Å²) in [6.07, 6.45) is 13.9. The Balaban J connectivity index is 4.30. The van der Waals surface area contributed by atoms with E-state index < -0.39 is 23.0 Å². The number of hydrogen-bond donors (Lipinski definition) is 4. The van der Waals surface area contributed by atoms with Crippen molar-refractivity contribution in [2.75, 3.05) is 42.7 Å². The summed E-state index contributed by atoms with van der Waals surface area (Å²) in [6.45, 7) is 0. The third-order valence-corrected chi connectivity index (χ3v) is 13.2. The van der Waals surface area contributed by atoms with Gasteiger partial charge in [-0.2, -0.15) is 0 Å². The third kappa shape index (κ3) is 12.7. The van der Waals surface area contributed by atoms with Gasteiger partial charge in [-0.05, 0) is 25.7 Å². The van der Waals surface area contributed by atoms with Gasteiger partial charge in [0.05, 0.1) is 5.41 Å². The van der Waals surface area contributed by atoms with E-state index in [0.717, 1.165) is 89.1 Å². The Labute approximate surface area is 228 Å². The second-order valence-corrected chi connectivity index (χ2v) is 15.9. The summed E-state index contributed by atoms with van der Waals surface area (Å²) in [6, 6.07) is 1.65. The van der Waals surface area contributed by atoms with Gasteiger partial charge >= 0.3 is 17.6 Å². The van der Waals surface area contributed by atoms with Crippen molar-refractivity contribution in [2.45, 2.75) is 102 Å². The first kappa shape index (κ1) is 36.1. The Kier molecular flexibility index (Phi) is 19.6. The first-order valence-electron chi connectivity index (χ1n) is 13.7. The van der Waals surface area contributed by atoms with E-state index in [-0.39, 0.29) is 11.7 Å². The van der Waals surface area contributed by atoms with Crippen molar-refractivity contribution >= 4 is 29.3 Å². The SMILES string of the molecule is CO[Si](CCCCCCCCC(CCCCCCCC[Si](OC)(OC)OC)(C(=N)N)C(=N)N)(OC)OC. The zero-order valence-electron chi connectivity index (χ0n) is 24.4. The smallest absolute Gasteiger partial charge is 0.387 e. The lowest BCUT2D eigenvalue weighted by atomic mass is 9.75. The third-order valence-electron chi connectivity index (χ3n) is 7.57. The van der Waals surface area contributed by atoms with Gasteiger partial charge in [-0.25, -0.2) is 0 Å². The highest BCUT2D eigenvalue weighted by molar-refractivity contribution is 6.60. The van der Waals surface area contributed by atoms with Crippen LogP contribution < -0.4 is 11.5 Å². The normalized spacial score (nSPS) is 12.7. The summed E-state index contributed by atoms with van der Waals surface area (Å²) in [7, 11) is 4.95. The molecule has 0 atom stereocenters. The van der Waals surface area contributed by atoms with E-state index in [1.54, 1.807) is 42.7 Å². The molecular weight excluding hydrogens is 508 g/mol. The lowest BCUT2D eigenvalue weighted by Crippen LogP contribution is -2.47. The zero-order valence-corrected chi connectivity index (χ0v) is 26.4. The molecule has 0 radical (unpaired) electrons. The van der Waals surface area contributed by atoms with Crippen LogP contribution >= 0.6 is 0 Å². The maximum atomic E-state index is 8.19. The Hall–Kier alpha value is -0.866. The molecule has 0 aliphatic carbocycles.